The summed E-state index contributed by atoms with van der Waals surface area (Å²) >= 11 is 0. The number of rotatable bonds is 21. The molecule has 12 nitrogen and oxygen atoms in total. The fourth-order valence-corrected chi connectivity index (χ4v) is 6.65. The Morgan fingerprint density at radius 2 is 1.39 bits per heavy atom. The van der Waals surface area contributed by atoms with Crippen LogP contribution in [0.4, 0.5) is 0 Å². The van der Waals surface area contributed by atoms with Crippen LogP contribution in [0.1, 0.15) is 99.8 Å². The van der Waals surface area contributed by atoms with Crippen LogP contribution in [0.15, 0.2) is 0 Å². The first-order chi connectivity index (χ1) is 20.7. The highest BCUT2D eigenvalue weighted by Crippen LogP contribution is 2.47. The van der Waals surface area contributed by atoms with Crippen molar-refractivity contribution in [2.75, 3.05) is 39.4 Å². The molecule has 2 aliphatic rings. The second kappa shape index (κ2) is 19.3. The van der Waals surface area contributed by atoms with Crippen molar-refractivity contribution < 1.29 is 37.6 Å². The summed E-state index contributed by atoms with van der Waals surface area (Å²) in [6.45, 7) is 16.5. The Morgan fingerprint density at radius 3 is 2.00 bits per heavy atom. The van der Waals surface area contributed by atoms with Gasteiger partial charge in [-0.3, -0.25) is 23.4 Å². The largest absolute Gasteiger partial charge is 0.472 e. The molecule has 0 aromatic heterocycles. The van der Waals surface area contributed by atoms with Gasteiger partial charge in [0.15, 0.2) is 0 Å². The quantitative estimate of drug-likeness (QED) is 0.125. The summed E-state index contributed by atoms with van der Waals surface area (Å²) in [4.78, 5) is 52.3. The third-order valence-corrected chi connectivity index (χ3v) is 8.94. The van der Waals surface area contributed by atoms with Crippen molar-refractivity contribution in [3.05, 3.63) is 0 Å². The average molecular weight is 647 g/mol. The molecule has 2 rings (SSSR count). The molecule has 0 aliphatic carbocycles. The predicted octanol–water partition coefficient (Wildman–Crippen LogP) is 3.66. The molecule has 0 aromatic carbocycles. The van der Waals surface area contributed by atoms with Crippen LogP contribution in [-0.4, -0.2) is 108 Å². The van der Waals surface area contributed by atoms with Gasteiger partial charge in [-0.2, -0.15) is 0 Å². The Hall–Kier alpha value is -1.40. The van der Waals surface area contributed by atoms with E-state index in [1.165, 1.54) is 0 Å². The number of hydrogen-bond donors (Lipinski definition) is 3. The molecule has 0 bridgehead atoms. The number of likely N-dealkylation sites (tertiary alicyclic amines) is 2. The van der Waals surface area contributed by atoms with Crippen LogP contribution in [0, 0.1) is 5.92 Å². The summed E-state index contributed by atoms with van der Waals surface area (Å²) in [5.41, 5.74) is 0. The lowest BCUT2D eigenvalue weighted by Crippen LogP contribution is -2.39. The maximum Gasteiger partial charge on any atom is 0.472 e. The number of nitrogens with zero attached hydrogens (tertiary/aromatic N) is 2. The fourth-order valence-electron chi connectivity index (χ4n) is 5.70. The van der Waals surface area contributed by atoms with Crippen LogP contribution in [0.5, 0.6) is 0 Å². The second-order valence-electron chi connectivity index (χ2n) is 13.3. The molecular weight excluding hydrogens is 587 g/mol. The average Bonchev–Trinajstić information content (AvgIpc) is 3.51. The number of ether oxygens (including phenoxy) is 1. The number of carbonyl (C=O) groups is 3. The topological polar surface area (TPSA) is 147 Å². The van der Waals surface area contributed by atoms with E-state index in [0.717, 1.165) is 19.5 Å². The predicted molar refractivity (Wildman–Crippen MR) is 170 cm³/mol. The molecule has 2 fully saturated rings. The van der Waals surface area contributed by atoms with Crippen molar-refractivity contribution in [1.82, 2.24) is 20.4 Å². The number of phosphoric ester groups is 1. The van der Waals surface area contributed by atoms with Gasteiger partial charge < -0.3 is 30.1 Å². The zero-order valence-electron chi connectivity index (χ0n) is 28.1. The summed E-state index contributed by atoms with van der Waals surface area (Å²) in [5.74, 6) is 0.0844. The Morgan fingerprint density at radius 1 is 0.818 bits per heavy atom. The minimum atomic E-state index is -4.47. The highest BCUT2D eigenvalue weighted by atomic mass is 31.2. The van der Waals surface area contributed by atoms with Crippen molar-refractivity contribution in [1.29, 1.82) is 0 Å². The van der Waals surface area contributed by atoms with Crippen LogP contribution in [0.2, 0.25) is 0 Å². The Bertz CT molecular complexity index is 950. The van der Waals surface area contributed by atoms with Crippen molar-refractivity contribution >= 4 is 25.4 Å². The lowest BCUT2D eigenvalue weighted by atomic mass is 10.1. The highest BCUT2D eigenvalue weighted by Gasteiger charge is 2.41. The maximum absolute atomic E-state index is 13.0. The lowest BCUT2D eigenvalue weighted by molar-refractivity contribution is -0.134. The van der Waals surface area contributed by atoms with Gasteiger partial charge in [-0.15, -0.1) is 0 Å². The Labute approximate surface area is 264 Å². The van der Waals surface area contributed by atoms with Gasteiger partial charge in [-0.05, 0) is 58.5 Å². The molecule has 256 valence electrons. The van der Waals surface area contributed by atoms with Gasteiger partial charge in [0.25, 0.3) is 0 Å². The number of amides is 2. The SMILES string of the molecule is CC1C[C@@H](COP(=O)(O)O[C@@H]2C[C@@H](COC(C)C)N(C(=O)CCCNC(C)C)C2)N(C(=O)CCC(=O)CCCNC(C)C)C1. The smallest absolute Gasteiger partial charge is 0.377 e. The molecule has 0 radical (unpaired) electrons. The van der Waals surface area contributed by atoms with Crippen molar-refractivity contribution in [2.24, 2.45) is 5.92 Å². The van der Waals surface area contributed by atoms with Crippen LogP contribution in [0.25, 0.3) is 0 Å². The molecule has 2 unspecified atom stereocenters. The van der Waals surface area contributed by atoms with E-state index in [1.54, 1.807) is 9.80 Å². The zero-order chi connectivity index (χ0) is 32.9. The minimum absolute atomic E-state index is 0.0148. The number of ketones is 1. The number of Topliss-reactive ketones (excluding diaryl/α,β-unsaturated/α-hetero) is 1. The Balaban J connectivity index is 1.87. The monoisotopic (exact) mass is 646 g/mol. The number of carbonyl (C=O) groups excluding carboxylic acids is 3. The molecule has 13 heteroatoms. The summed E-state index contributed by atoms with van der Waals surface area (Å²) in [7, 11) is -4.47. The normalized spacial score (nSPS) is 23.7. The van der Waals surface area contributed by atoms with Crippen molar-refractivity contribution in [3.8, 4) is 0 Å². The van der Waals surface area contributed by atoms with Gasteiger partial charge in [0.1, 0.15) is 5.78 Å². The van der Waals surface area contributed by atoms with Gasteiger partial charge in [-0.1, -0.05) is 34.6 Å². The van der Waals surface area contributed by atoms with Gasteiger partial charge in [0.2, 0.25) is 11.8 Å². The molecule has 0 saturated carbocycles. The van der Waals surface area contributed by atoms with Crippen LogP contribution >= 0.6 is 7.82 Å². The molecule has 3 N–H and O–H groups in total. The summed E-state index contributed by atoms with van der Waals surface area (Å²) < 4.78 is 29.8. The van der Waals surface area contributed by atoms with E-state index in [0.29, 0.717) is 57.3 Å². The zero-order valence-corrected chi connectivity index (χ0v) is 29.0. The lowest BCUT2D eigenvalue weighted by Gasteiger charge is -2.26. The van der Waals surface area contributed by atoms with Gasteiger partial charge in [-0.25, -0.2) is 4.57 Å². The van der Waals surface area contributed by atoms with E-state index < -0.39 is 13.9 Å². The van der Waals surface area contributed by atoms with Gasteiger partial charge in [0.05, 0.1) is 37.5 Å². The number of phosphoric acid groups is 1. The van der Waals surface area contributed by atoms with Crippen LogP contribution in [0.3, 0.4) is 0 Å². The summed E-state index contributed by atoms with van der Waals surface area (Å²) in [5, 5.41) is 6.59. The third-order valence-electron chi connectivity index (χ3n) is 7.90. The van der Waals surface area contributed by atoms with Crippen molar-refractivity contribution in [3.63, 3.8) is 0 Å². The minimum Gasteiger partial charge on any atom is -0.377 e. The number of hydrogen-bond acceptors (Lipinski definition) is 9. The van der Waals surface area contributed by atoms with Gasteiger partial charge in [0, 0.05) is 50.9 Å². The highest BCUT2D eigenvalue weighted by molar-refractivity contribution is 7.47. The van der Waals surface area contributed by atoms with Crippen LogP contribution < -0.4 is 10.6 Å². The molecule has 2 saturated heterocycles. The molecule has 44 heavy (non-hydrogen) atoms. The molecule has 2 heterocycles. The first-order valence-electron chi connectivity index (χ1n) is 16.5. The van der Waals surface area contributed by atoms with E-state index in [1.807, 2.05) is 20.8 Å². The standard InChI is InChI=1S/C31H59N4O8P/c1-22(2)32-14-8-10-28(36)12-13-31(38)34-18-25(7)16-26(34)21-42-44(39,40)43-29-17-27(20-41-24(5)6)35(19-29)30(37)11-9-15-33-23(3)4/h22-27,29,32-33H,8-21H2,1-7H3,(H,39,40)/t25?,26-,27-,29+/m0/s1. The van der Waals surface area contributed by atoms with E-state index in [4.69, 9.17) is 13.8 Å². The van der Waals surface area contributed by atoms with Gasteiger partial charge >= 0.3 is 7.82 Å². The van der Waals surface area contributed by atoms with Crippen molar-refractivity contribution in [2.45, 2.75) is 136 Å². The molecule has 2 amide bonds. The van der Waals surface area contributed by atoms with E-state index in [2.05, 4.69) is 38.3 Å². The van der Waals surface area contributed by atoms with E-state index in [9.17, 15) is 23.8 Å². The maximum atomic E-state index is 13.0. The molecular formula is C31H59N4O8P. The van der Waals surface area contributed by atoms with E-state index >= 15 is 0 Å². The first kappa shape index (κ1) is 38.8. The third kappa shape index (κ3) is 14.8. The number of nitrogens with one attached hydrogen (secondary N) is 2. The summed E-state index contributed by atoms with van der Waals surface area (Å²) in [6, 6.07) is 0.0777. The summed E-state index contributed by atoms with van der Waals surface area (Å²) in [6.07, 6.45) is 2.84. The molecule has 2 aliphatic heterocycles. The molecule has 5 atom stereocenters. The fraction of sp³-hybridized carbons (Fsp3) is 0.903. The van der Waals surface area contributed by atoms with Crippen LogP contribution in [-0.2, 0) is 32.7 Å². The molecule has 0 aromatic rings. The Kier molecular flexibility index (Phi) is 17.0. The second-order valence-corrected chi connectivity index (χ2v) is 14.7. The van der Waals surface area contributed by atoms with E-state index in [-0.39, 0.29) is 67.7 Å². The molecule has 0 spiro atoms. The first-order valence-corrected chi connectivity index (χ1v) is 18.0.